The number of primary amides is 1. The van der Waals surface area contributed by atoms with Gasteiger partial charge in [0.25, 0.3) is 5.91 Å². The van der Waals surface area contributed by atoms with Crippen LogP contribution in [-0.4, -0.2) is 76.4 Å². The van der Waals surface area contributed by atoms with Crippen LogP contribution < -0.4 is 10.8 Å². The van der Waals surface area contributed by atoms with Crippen molar-refractivity contribution >= 4 is 29.5 Å². The zero-order valence-electron chi connectivity index (χ0n) is 14.5. The van der Waals surface area contributed by atoms with Gasteiger partial charge in [-0.1, -0.05) is 0 Å². The zero-order valence-corrected chi connectivity index (χ0v) is 15.3. The van der Waals surface area contributed by atoms with Gasteiger partial charge in [-0.15, -0.1) is 11.8 Å². The highest BCUT2D eigenvalue weighted by Crippen LogP contribution is 2.49. The number of carbonyl (C=O) groups excluding carboxylic acids is 3. The van der Waals surface area contributed by atoms with Gasteiger partial charge in [-0.3, -0.25) is 9.59 Å². The van der Waals surface area contributed by atoms with Gasteiger partial charge in [0.05, 0.1) is 55.6 Å². The van der Waals surface area contributed by atoms with Crippen LogP contribution in [0.1, 0.15) is 19.8 Å². The summed E-state index contributed by atoms with van der Waals surface area (Å²) in [6, 6.07) is -0.631. The molecule has 25 heavy (non-hydrogen) atoms. The molecular formula is C16H23N3O5S. The lowest BCUT2D eigenvalue weighted by Crippen LogP contribution is -2.62. The van der Waals surface area contributed by atoms with Crippen molar-refractivity contribution in [3.63, 3.8) is 0 Å². The van der Waals surface area contributed by atoms with E-state index in [9.17, 15) is 24.6 Å². The number of carboxylic acids is 1. The summed E-state index contributed by atoms with van der Waals surface area (Å²) in [4.78, 5) is 37.3. The average Bonchev–Trinajstić information content (AvgIpc) is 2.93. The van der Waals surface area contributed by atoms with Gasteiger partial charge in [0.1, 0.15) is 0 Å². The summed E-state index contributed by atoms with van der Waals surface area (Å²) < 4.78 is 0.462. The highest BCUT2D eigenvalue weighted by Gasteiger charge is 2.56. The van der Waals surface area contributed by atoms with Gasteiger partial charge in [0.15, 0.2) is 6.04 Å². The van der Waals surface area contributed by atoms with Crippen LogP contribution in [0.25, 0.3) is 0 Å². The summed E-state index contributed by atoms with van der Waals surface area (Å²) in [5, 5.41) is 21.4. The van der Waals surface area contributed by atoms with Crippen molar-refractivity contribution in [2.75, 3.05) is 20.6 Å². The number of thioether (sulfide) groups is 1. The molecule has 3 rings (SSSR count). The molecule has 0 aromatic carbocycles. The number of aliphatic carboxylic acids is 1. The number of likely N-dealkylation sites (N-methyl/N-ethyl adjacent to an activating group) is 1. The van der Waals surface area contributed by atoms with Crippen LogP contribution >= 0.6 is 11.8 Å². The predicted octanol–water partition coefficient (Wildman–Crippen LogP) is -2.00. The van der Waals surface area contributed by atoms with Crippen LogP contribution in [0.4, 0.5) is 0 Å². The number of quaternary nitrogens is 1. The van der Waals surface area contributed by atoms with Gasteiger partial charge < -0.3 is 30.1 Å². The third-order valence-corrected chi connectivity index (χ3v) is 6.84. The minimum absolute atomic E-state index is 0.0376. The highest BCUT2D eigenvalue weighted by atomic mass is 32.2. The molecule has 0 bridgehead atoms. The van der Waals surface area contributed by atoms with Gasteiger partial charge >= 0.3 is 0 Å². The van der Waals surface area contributed by atoms with E-state index in [1.807, 2.05) is 14.1 Å². The lowest BCUT2D eigenvalue weighted by molar-refractivity contribution is -0.892. The predicted molar refractivity (Wildman–Crippen MR) is 88.4 cm³/mol. The largest absolute Gasteiger partial charge is 0.543 e. The monoisotopic (exact) mass is 369 g/mol. The first-order valence-corrected chi connectivity index (χ1v) is 9.17. The minimum Gasteiger partial charge on any atom is -0.543 e. The Kier molecular flexibility index (Phi) is 4.37. The fourth-order valence-electron chi connectivity index (χ4n) is 4.33. The molecule has 8 nitrogen and oxygen atoms in total. The number of nitrogens with two attached hydrogens (primary N) is 1. The highest BCUT2D eigenvalue weighted by molar-refractivity contribution is 8.03. The van der Waals surface area contributed by atoms with E-state index in [2.05, 4.69) is 0 Å². The molecular weight excluding hydrogens is 346 g/mol. The van der Waals surface area contributed by atoms with Crippen molar-refractivity contribution in [3.8, 4) is 0 Å². The Morgan fingerprint density at radius 2 is 2.08 bits per heavy atom. The molecule has 0 aliphatic carbocycles. The number of rotatable bonds is 5. The van der Waals surface area contributed by atoms with Crippen molar-refractivity contribution in [3.05, 3.63) is 10.6 Å². The lowest BCUT2D eigenvalue weighted by atomic mass is 9.83. The van der Waals surface area contributed by atoms with E-state index in [-0.39, 0.29) is 34.8 Å². The number of likely N-dealkylation sites (tertiary alicyclic amines) is 1. The van der Waals surface area contributed by atoms with Crippen molar-refractivity contribution in [2.45, 2.75) is 43.2 Å². The maximum absolute atomic E-state index is 12.2. The van der Waals surface area contributed by atoms with E-state index < -0.39 is 18.0 Å². The molecule has 2 amide bonds. The van der Waals surface area contributed by atoms with Crippen LogP contribution in [0.3, 0.4) is 0 Å². The number of aliphatic hydroxyl groups excluding tert-OH is 1. The molecule has 0 aromatic rings. The molecule has 3 aliphatic heterocycles. The summed E-state index contributed by atoms with van der Waals surface area (Å²) in [6.45, 7) is 2.22. The maximum Gasteiger partial charge on any atom is 0.275 e. The number of aliphatic hydroxyl groups is 1. The lowest BCUT2D eigenvalue weighted by Gasteiger charge is -2.45. The molecule has 0 radical (unpaired) electrons. The van der Waals surface area contributed by atoms with Gasteiger partial charge in [-0.05, 0) is 6.92 Å². The quantitative estimate of drug-likeness (QED) is 0.426. The summed E-state index contributed by atoms with van der Waals surface area (Å²) in [7, 11) is 3.86. The Labute approximate surface area is 150 Å². The zero-order chi connectivity index (χ0) is 18.7. The second-order valence-corrected chi connectivity index (χ2v) is 9.06. The number of carbonyl (C=O) groups is 3. The molecule has 9 heteroatoms. The van der Waals surface area contributed by atoms with E-state index in [4.69, 9.17) is 5.73 Å². The van der Waals surface area contributed by atoms with E-state index >= 15 is 0 Å². The van der Waals surface area contributed by atoms with Gasteiger partial charge in [-0.2, -0.15) is 0 Å². The number of hydrogen-bond acceptors (Lipinski definition) is 6. The Morgan fingerprint density at radius 3 is 2.56 bits per heavy atom. The van der Waals surface area contributed by atoms with Crippen molar-refractivity contribution in [2.24, 2.45) is 11.7 Å². The number of amides is 2. The van der Waals surface area contributed by atoms with Crippen LogP contribution in [0.2, 0.25) is 0 Å². The first kappa shape index (κ1) is 18.2. The fourth-order valence-corrected chi connectivity index (χ4v) is 6.03. The van der Waals surface area contributed by atoms with Crippen LogP contribution in [0, 0.1) is 5.92 Å². The Bertz CT molecular complexity index is 675. The average molecular weight is 369 g/mol. The molecule has 2 fully saturated rings. The summed E-state index contributed by atoms with van der Waals surface area (Å²) in [5.74, 6) is -2.67. The molecule has 138 valence electrons. The SMILES string of the molecule is CC(O)C1C(=O)N2C(C(=O)[O-])=C(SC3CC(C(N)=O)[N+](C)(C)C3)C[C@@H]12. The van der Waals surface area contributed by atoms with Crippen LogP contribution in [-0.2, 0) is 14.4 Å². The van der Waals surface area contributed by atoms with Gasteiger partial charge in [0, 0.05) is 17.7 Å². The minimum atomic E-state index is -1.37. The fraction of sp³-hybridized carbons (Fsp3) is 0.688. The summed E-state index contributed by atoms with van der Waals surface area (Å²) in [5.41, 5.74) is 5.40. The molecule has 2 saturated heterocycles. The summed E-state index contributed by atoms with van der Waals surface area (Å²) >= 11 is 1.40. The topological polar surface area (TPSA) is 124 Å². The first-order valence-electron chi connectivity index (χ1n) is 8.29. The first-order chi connectivity index (χ1) is 11.5. The number of fused-ring (bicyclic) bond motifs is 1. The standard InChI is InChI=1S/C16H23N3O5S/c1-7(20)12-9-5-11(13(16(23)24)18(9)15(12)22)25-8-4-10(14(17)21)19(2,3)6-8/h7-10,12,20H,4-6H2,1-3H3,(H2-,17,21,23,24)/t7?,8?,9-,10?,12?/m0/s1. The Hall–Kier alpha value is -1.58. The number of carboxylic acid groups (broad SMARTS) is 1. The number of hydrogen-bond donors (Lipinski definition) is 2. The van der Waals surface area contributed by atoms with Crippen molar-refractivity contribution in [1.82, 2.24) is 4.90 Å². The molecule has 3 heterocycles. The van der Waals surface area contributed by atoms with E-state index in [0.717, 1.165) is 0 Å². The number of nitrogens with zero attached hydrogens (tertiary/aromatic N) is 2. The van der Waals surface area contributed by atoms with Crippen LogP contribution in [0.5, 0.6) is 0 Å². The van der Waals surface area contributed by atoms with Crippen molar-refractivity contribution in [1.29, 1.82) is 0 Å². The molecule has 0 aromatic heterocycles. The second-order valence-electron chi connectivity index (χ2n) is 7.66. The molecule has 0 saturated carbocycles. The third kappa shape index (κ3) is 2.84. The smallest absolute Gasteiger partial charge is 0.275 e. The van der Waals surface area contributed by atoms with E-state index in [1.165, 1.54) is 23.6 Å². The van der Waals surface area contributed by atoms with Crippen LogP contribution in [0.15, 0.2) is 10.6 Å². The van der Waals surface area contributed by atoms with Crippen molar-refractivity contribution < 1.29 is 29.1 Å². The Balaban J connectivity index is 1.80. The molecule has 3 N–H and O–H groups in total. The number of β-lactam (4-membered cyclic amide) rings is 1. The molecule has 0 spiro atoms. The van der Waals surface area contributed by atoms with E-state index in [0.29, 0.717) is 28.8 Å². The third-order valence-electron chi connectivity index (χ3n) is 5.52. The molecule has 3 aliphatic rings. The van der Waals surface area contributed by atoms with E-state index in [1.54, 1.807) is 0 Å². The molecule has 4 unspecified atom stereocenters. The Morgan fingerprint density at radius 1 is 1.44 bits per heavy atom. The van der Waals surface area contributed by atoms with Gasteiger partial charge in [0.2, 0.25) is 5.91 Å². The summed E-state index contributed by atoms with van der Waals surface area (Å²) in [6.07, 6.45) is 0.151. The normalized spacial score (nSPS) is 34.7. The van der Waals surface area contributed by atoms with Gasteiger partial charge in [-0.25, -0.2) is 0 Å². The maximum atomic E-state index is 12.2. The second kappa shape index (κ2) is 6.00. The molecule has 5 atom stereocenters.